The van der Waals surface area contributed by atoms with Gasteiger partial charge in [0.25, 0.3) is 0 Å². The molecule has 0 bridgehead atoms. The zero-order chi connectivity index (χ0) is 38.0. The Morgan fingerprint density at radius 1 is 0.852 bits per heavy atom. The highest BCUT2D eigenvalue weighted by atomic mass is 35.5. The molecule has 3 aromatic carbocycles. The van der Waals surface area contributed by atoms with Crippen molar-refractivity contribution in [3.8, 4) is 34.4 Å². The lowest BCUT2D eigenvalue weighted by Crippen LogP contribution is -2.27. The SMILES string of the molecule is COc1ccc(CN(Cc2ccc(OC)cc2)c2cc(C)c(C(F)(F)F)c(-c3cc4ncnc5c4c(c3Cl)OCCN5Cc3cccc(OC)n3)n2)cc1. The van der Waals surface area contributed by atoms with E-state index in [1.807, 2.05) is 70.5 Å². The summed E-state index contributed by atoms with van der Waals surface area (Å²) in [5.41, 5.74) is 1.68. The first-order chi connectivity index (χ1) is 26.1. The average molecular weight is 757 g/mol. The van der Waals surface area contributed by atoms with Crippen LogP contribution in [0.25, 0.3) is 22.2 Å². The molecule has 4 heterocycles. The molecule has 0 N–H and O–H groups in total. The molecule has 0 radical (unpaired) electrons. The number of aryl methyl sites for hydroxylation is 1. The van der Waals surface area contributed by atoms with Crippen LogP contribution in [0.15, 0.2) is 85.2 Å². The number of methoxy groups -OCH3 is 3. The molecule has 0 fully saturated rings. The largest absolute Gasteiger partial charge is 0.497 e. The third kappa shape index (κ3) is 7.49. The Kier molecular flexibility index (Phi) is 10.3. The van der Waals surface area contributed by atoms with Gasteiger partial charge in [-0.15, -0.1) is 0 Å². The van der Waals surface area contributed by atoms with Crippen LogP contribution in [-0.4, -0.2) is 54.4 Å². The van der Waals surface area contributed by atoms with Crippen LogP contribution in [0.5, 0.6) is 23.1 Å². The van der Waals surface area contributed by atoms with Gasteiger partial charge in [-0.1, -0.05) is 41.9 Å². The minimum Gasteiger partial charge on any atom is -0.497 e. The molecule has 278 valence electrons. The topological polar surface area (TPSA) is 95.0 Å². The summed E-state index contributed by atoms with van der Waals surface area (Å²) in [5.74, 6) is 2.87. The van der Waals surface area contributed by atoms with E-state index in [-0.39, 0.29) is 34.2 Å². The molecular formula is C40H36ClF3N6O4. The number of aromatic nitrogens is 4. The maximum absolute atomic E-state index is 15.0. The average Bonchev–Trinajstić information content (AvgIpc) is 3.36. The van der Waals surface area contributed by atoms with Crippen molar-refractivity contribution in [1.29, 1.82) is 0 Å². The van der Waals surface area contributed by atoms with E-state index in [0.717, 1.165) is 16.8 Å². The van der Waals surface area contributed by atoms with Gasteiger partial charge in [0.15, 0.2) is 5.75 Å². The molecule has 1 aliphatic heterocycles. The van der Waals surface area contributed by atoms with Gasteiger partial charge in [0.2, 0.25) is 5.88 Å². The summed E-state index contributed by atoms with van der Waals surface area (Å²) in [7, 11) is 4.72. The number of benzene rings is 3. The third-order valence-electron chi connectivity index (χ3n) is 9.18. The van der Waals surface area contributed by atoms with E-state index in [4.69, 9.17) is 35.5 Å². The molecule has 6 aromatic rings. The molecule has 0 amide bonds. The van der Waals surface area contributed by atoms with Crippen molar-refractivity contribution in [2.45, 2.75) is 32.7 Å². The summed E-state index contributed by atoms with van der Waals surface area (Å²) >= 11 is 7.10. The van der Waals surface area contributed by atoms with Gasteiger partial charge in [0.1, 0.15) is 36.1 Å². The molecular weight excluding hydrogens is 721 g/mol. The van der Waals surface area contributed by atoms with Gasteiger partial charge in [-0.25, -0.2) is 19.9 Å². The molecule has 0 aliphatic carbocycles. The highest BCUT2D eigenvalue weighted by molar-refractivity contribution is 6.36. The predicted molar refractivity (Wildman–Crippen MR) is 201 cm³/mol. The molecule has 3 aromatic heterocycles. The summed E-state index contributed by atoms with van der Waals surface area (Å²) in [6.45, 7) is 3.04. The minimum absolute atomic E-state index is 0.0137. The first-order valence-electron chi connectivity index (χ1n) is 17.0. The molecule has 0 spiro atoms. The van der Waals surface area contributed by atoms with Gasteiger partial charge >= 0.3 is 6.18 Å². The predicted octanol–water partition coefficient (Wildman–Crippen LogP) is 8.70. The van der Waals surface area contributed by atoms with Crippen LogP contribution >= 0.6 is 11.6 Å². The number of ether oxygens (including phenoxy) is 4. The van der Waals surface area contributed by atoms with Gasteiger partial charge in [0.05, 0.1) is 67.3 Å². The fourth-order valence-electron chi connectivity index (χ4n) is 6.56. The van der Waals surface area contributed by atoms with Crippen LogP contribution in [0.4, 0.5) is 24.8 Å². The number of hydrogen-bond acceptors (Lipinski definition) is 10. The van der Waals surface area contributed by atoms with Crippen molar-refractivity contribution in [3.63, 3.8) is 0 Å². The molecule has 0 saturated carbocycles. The van der Waals surface area contributed by atoms with Crippen molar-refractivity contribution < 1.29 is 32.1 Å². The van der Waals surface area contributed by atoms with E-state index in [2.05, 4.69) is 15.0 Å². The number of hydrogen-bond donors (Lipinski definition) is 0. The molecule has 0 saturated heterocycles. The Balaban J connectivity index is 1.36. The fraction of sp³-hybridized carbons (Fsp3) is 0.250. The van der Waals surface area contributed by atoms with E-state index in [1.165, 1.54) is 25.4 Å². The van der Waals surface area contributed by atoms with Crippen LogP contribution < -0.4 is 28.7 Å². The molecule has 54 heavy (non-hydrogen) atoms. The van der Waals surface area contributed by atoms with Crippen molar-refractivity contribution >= 4 is 34.1 Å². The Labute approximate surface area is 315 Å². The lowest BCUT2D eigenvalue weighted by molar-refractivity contribution is -0.137. The van der Waals surface area contributed by atoms with E-state index in [0.29, 0.717) is 66.1 Å². The first-order valence-corrected chi connectivity index (χ1v) is 17.4. The lowest BCUT2D eigenvalue weighted by Gasteiger charge is -2.27. The number of anilines is 2. The second-order valence-electron chi connectivity index (χ2n) is 12.7. The maximum Gasteiger partial charge on any atom is 0.418 e. The quantitative estimate of drug-likeness (QED) is 0.128. The summed E-state index contributed by atoms with van der Waals surface area (Å²) in [6.07, 6.45) is -3.38. The maximum atomic E-state index is 15.0. The molecule has 14 heteroatoms. The van der Waals surface area contributed by atoms with Gasteiger partial charge in [0, 0.05) is 24.7 Å². The first kappa shape index (κ1) is 36.5. The smallest absolute Gasteiger partial charge is 0.418 e. The zero-order valence-corrected chi connectivity index (χ0v) is 30.7. The van der Waals surface area contributed by atoms with Crippen LogP contribution in [0.2, 0.25) is 5.02 Å². The number of rotatable bonds is 11. The van der Waals surface area contributed by atoms with E-state index < -0.39 is 11.7 Å². The van der Waals surface area contributed by atoms with Crippen molar-refractivity contribution in [2.24, 2.45) is 0 Å². The van der Waals surface area contributed by atoms with Crippen LogP contribution in [0, 0.1) is 6.92 Å². The van der Waals surface area contributed by atoms with Gasteiger partial charge in [-0.2, -0.15) is 13.2 Å². The van der Waals surface area contributed by atoms with E-state index in [1.54, 1.807) is 27.4 Å². The van der Waals surface area contributed by atoms with E-state index >= 15 is 13.2 Å². The van der Waals surface area contributed by atoms with Crippen molar-refractivity contribution in [3.05, 3.63) is 118 Å². The summed E-state index contributed by atoms with van der Waals surface area (Å²) in [6, 6.07) is 23.5. The number of pyridine rings is 2. The Morgan fingerprint density at radius 2 is 1.52 bits per heavy atom. The Morgan fingerprint density at radius 3 is 2.13 bits per heavy atom. The van der Waals surface area contributed by atoms with E-state index in [9.17, 15) is 0 Å². The van der Waals surface area contributed by atoms with Crippen LogP contribution in [0.1, 0.15) is 27.9 Å². The Bertz CT molecular complexity index is 2240. The highest BCUT2D eigenvalue weighted by Crippen LogP contribution is 2.48. The molecule has 1 aliphatic rings. The number of halogens is 4. The van der Waals surface area contributed by atoms with Crippen LogP contribution in [0.3, 0.4) is 0 Å². The number of nitrogens with zero attached hydrogens (tertiary/aromatic N) is 6. The second-order valence-corrected chi connectivity index (χ2v) is 13.0. The molecule has 0 atom stereocenters. The fourth-order valence-corrected chi connectivity index (χ4v) is 6.85. The molecule has 10 nitrogen and oxygen atoms in total. The van der Waals surface area contributed by atoms with Crippen molar-refractivity contribution in [2.75, 3.05) is 44.3 Å². The van der Waals surface area contributed by atoms with Gasteiger partial charge in [-0.05, 0) is 66.1 Å². The summed E-state index contributed by atoms with van der Waals surface area (Å²) in [5, 5.41) is 0.458. The lowest BCUT2D eigenvalue weighted by atomic mass is 9.98. The van der Waals surface area contributed by atoms with Crippen molar-refractivity contribution in [1.82, 2.24) is 19.9 Å². The van der Waals surface area contributed by atoms with Gasteiger partial charge in [-0.3, -0.25) is 0 Å². The minimum atomic E-state index is -4.76. The summed E-state index contributed by atoms with van der Waals surface area (Å²) < 4.78 is 67.3. The zero-order valence-electron chi connectivity index (χ0n) is 29.9. The summed E-state index contributed by atoms with van der Waals surface area (Å²) in [4.78, 5) is 22.2. The Hall–Kier alpha value is -5.82. The van der Waals surface area contributed by atoms with Crippen LogP contribution in [-0.2, 0) is 25.8 Å². The standard InChI is InChI=1S/C40H36ClF3N6O4/c1-24-18-32(50(20-25-8-12-28(51-2)13-9-25)21-26-10-14-29(52-3)15-11-26)48-37(35(24)40(42,43)44)30-19-31-34-38(36(30)41)54-17-16-49(39(34)46-23-45-31)22-27-6-5-7-33(47-27)53-4/h5-15,18-19,23H,16-17,20-22H2,1-4H3. The highest BCUT2D eigenvalue weighted by Gasteiger charge is 2.39. The van der Waals surface area contributed by atoms with Gasteiger partial charge < -0.3 is 28.7 Å². The normalized spacial score (nSPS) is 12.6. The second kappa shape index (κ2) is 15.3. The third-order valence-corrected chi connectivity index (χ3v) is 9.56. The number of alkyl halides is 3. The molecule has 0 unspecified atom stereocenters. The molecule has 7 rings (SSSR count). The monoisotopic (exact) mass is 756 g/mol.